The molecule has 0 saturated heterocycles. The molecular weight excluding hydrogens is 555 g/mol. The van der Waals surface area contributed by atoms with Crippen molar-refractivity contribution in [2.45, 2.75) is 38.7 Å². The standard InChI is InChI=1S/C30H32F3N3O6/c1-3-36(29(40)35-16-19-7-5-4-6-8-19)17-21-15-22(30(31,32)33)10-11-23(21)24-13-20(9-12-26(24)41-2)14-27(37)42-18-25(34)28(38)39/h4-13,15,25H,3,14,16-18,34H2,1-2H3,(H,35,40)(H,38,39). The number of nitrogens with one attached hydrogen (secondary N) is 1. The first-order valence-electron chi connectivity index (χ1n) is 13.0. The van der Waals surface area contributed by atoms with Gasteiger partial charge < -0.3 is 30.5 Å². The second-order valence-electron chi connectivity index (χ2n) is 9.37. The third-order valence-corrected chi connectivity index (χ3v) is 6.39. The van der Waals surface area contributed by atoms with Crippen LogP contribution in [0.3, 0.4) is 0 Å². The van der Waals surface area contributed by atoms with Crippen LogP contribution in [0.25, 0.3) is 11.1 Å². The Morgan fingerprint density at radius 1 is 1.00 bits per heavy atom. The van der Waals surface area contributed by atoms with Gasteiger partial charge in [0, 0.05) is 25.2 Å². The van der Waals surface area contributed by atoms with E-state index in [0.717, 1.165) is 17.7 Å². The van der Waals surface area contributed by atoms with Gasteiger partial charge in [0.1, 0.15) is 18.4 Å². The molecule has 0 aromatic heterocycles. The highest BCUT2D eigenvalue weighted by Gasteiger charge is 2.32. The number of carbonyl (C=O) groups is 3. The van der Waals surface area contributed by atoms with Crippen molar-refractivity contribution in [2.24, 2.45) is 5.73 Å². The summed E-state index contributed by atoms with van der Waals surface area (Å²) in [5.74, 6) is -1.72. The second kappa shape index (κ2) is 14.4. The largest absolute Gasteiger partial charge is 0.496 e. The fourth-order valence-electron chi connectivity index (χ4n) is 4.13. The van der Waals surface area contributed by atoms with Crippen LogP contribution in [0.4, 0.5) is 18.0 Å². The van der Waals surface area contributed by atoms with E-state index in [1.165, 1.54) is 18.1 Å². The van der Waals surface area contributed by atoms with E-state index in [0.29, 0.717) is 22.4 Å². The third-order valence-electron chi connectivity index (χ3n) is 6.39. The van der Waals surface area contributed by atoms with Gasteiger partial charge >= 0.3 is 24.1 Å². The van der Waals surface area contributed by atoms with Crippen molar-refractivity contribution in [3.8, 4) is 16.9 Å². The molecule has 2 amide bonds. The van der Waals surface area contributed by atoms with Gasteiger partial charge in [-0.2, -0.15) is 13.2 Å². The molecule has 0 fully saturated rings. The van der Waals surface area contributed by atoms with E-state index in [1.807, 2.05) is 30.3 Å². The number of carboxylic acid groups (broad SMARTS) is 1. The highest BCUT2D eigenvalue weighted by Crippen LogP contribution is 2.38. The Morgan fingerprint density at radius 3 is 2.33 bits per heavy atom. The molecule has 0 saturated carbocycles. The van der Waals surface area contributed by atoms with E-state index in [-0.39, 0.29) is 31.6 Å². The first-order chi connectivity index (χ1) is 19.9. The molecule has 0 aliphatic heterocycles. The van der Waals surface area contributed by atoms with Crippen LogP contribution in [-0.4, -0.2) is 54.3 Å². The number of carbonyl (C=O) groups excluding carboxylic acids is 2. The first kappa shape index (κ1) is 31.9. The number of esters is 1. The Hall–Kier alpha value is -4.58. The van der Waals surface area contributed by atoms with Crippen LogP contribution in [-0.2, 0) is 40.0 Å². The molecule has 3 aromatic carbocycles. The summed E-state index contributed by atoms with van der Waals surface area (Å²) in [7, 11) is 1.40. The van der Waals surface area contributed by atoms with Gasteiger partial charge in [0.05, 0.1) is 19.1 Å². The number of urea groups is 1. The number of aliphatic carboxylic acids is 1. The topological polar surface area (TPSA) is 131 Å². The Balaban J connectivity index is 1.93. The quantitative estimate of drug-likeness (QED) is 0.264. The first-order valence-corrected chi connectivity index (χ1v) is 13.0. The SMILES string of the molecule is CCN(Cc1cc(C(F)(F)F)ccc1-c1cc(CC(=O)OCC(N)C(=O)O)ccc1OC)C(=O)NCc1ccccc1. The summed E-state index contributed by atoms with van der Waals surface area (Å²) in [5.41, 5.74) is 6.79. The van der Waals surface area contributed by atoms with Crippen molar-refractivity contribution in [1.29, 1.82) is 0 Å². The van der Waals surface area contributed by atoms with E-state index < -0.39 is 42.4 Å². The minimum Gasteiger partial charge on any atom is -0.496 e. The Bertz CT molecular complexity index is 1400. The second-order valence-corrected chi connectivity index (χ2v) is 9.37. The normalized spacial score (nSPS) is 11.9. The summed E-state index contributed by atoms with van der Waals surface area (Å²) >= 11 is 0. The molecule has 9 nitrogen and oxygen atoms in total. The van der Waals surface area contributed by atoms with Gasteiger partial charge in [-0.3, -0.25) is 9.59 Å². The van der Waals surface area contributed by atoms with E-state index in [1.54, 1.807) is 25.1 Å². The number of methoxy groups -OCH3 is 1. The van der Waals surface area contributed by atoms with Crippen molar-refractivity contribution in [1.82, 2.24) is 10.2 Å². The van der Waals surface area contributed by atoms with Crippen LogP contribution in [0.1, 0.15) is 29.2 Å². The summed E-state index contributed by atoms with van der Waals surface area (Å²) in [6, 6.07) is 15.3. The van der Waals surface area contributed by atoms with Gasteiger partial charge in [0.2, 0.25) is 0 Å². The molecular formula is C30H32F3N3O6. The minimum atomic E-state index is -4.62. The molecule has 0 radical (unpaired) electrons. The summed E-state index contributed by atoms with van der Waals surface area (Å²) < 4.78 is 51.5. The van der Waals surface area contributed by atoms with Gasteiger partial charge in [-0.05, 0) is 53.4 Å². The molecule has 1 atom stereocenters. The highest BCUT2D eigenvalue weighted by molar-refractivity contribution is 5.79. The fourth-order valence-corrected chi connectivity index (χ4v) is 4.13. The molecule has 3 rings (SSSR count). The lowest BCUT2D eigenvalue weighted by Crippen LogP contribution is -2.39. The molecule has 4 N–H and O–H groups in total. The minimum absolute atomic E-state index is 0.140. The highest BCUT2D eigenvalue weighted by atomic mass is 19.4. The predicted octanol–water partition coefficient (Wildman–Crippen LogP) is 4.61. The average molecular weight is 588 g/mol. The Labute approximate surface area is 241 Å². The molecule has 0 spiro atoms. The number of benzene rings is 3. The van der Waals surface area contributed by atoms with Crippen LogP contribution < -0.4 is 15.8 Å². The van der Waals surface area contributed by atoms with E-state index >= 15 is 0 Å². The maximum absolute atomic E-state index is 13.7. The molecule has 1 unspecified atom stereocenters. The number of carboxylic acids is 1. The molecule has 224 valence electrons. The van der Waals surface area contributed by atoms with E-state index in [9.17, 15) is 27.6 Å². The zero-order valence-corrected chi connectivity index (χ0v) is 23.1. The van der Waals surface area contributed by atoms with Gasteiger partial charge in [0.15, 0.2) is 0 Å². The summed E-state index contributed by atoms with van der Waals surface area (Å²) in [4.78, 5) is 37.6. The number of nitrogens with zero attached hydrogens (tertiary/aromatic N) is 1. The van der Waals surface area contributed by atoms with Crippen molar-refractivity contribution in [2.75, 3.05) is 20.3 Å². The molecule has 0 bridgehead atoms. The molecule has 3 aromatic rings. The van der Waals surface area contributed by atoms with Crippen molar-refractivity contribution >= 4 is 18.0 Å². The van der Waals surface area contributed by atoms with Crippen molar-refractivity contribution < 1.29 is 42.1 Å². The number of hydrogen-bond acceptors (Lipinski definition) is 6. The van der Waals surface area contributed by atoms with Gasteiger partial charge in [0.25, 0.3) is 0 Å². The predicted molar refractivity (Wildman–Crippen MR) is 148 cm³/mol. The Kier molecular flexibility index (Phi) is 10.9. The molecule has 0 aliphatic rings. The van der Waals surface area contributed by atoms with Crippen molar-refractivity contribution in [3.05, 3.63) is 89.0 Å². The number of amides is 2. The summed E-state index contributed by atoms with van der Waals surface area (Å²) in [5, 5.41) is 11.7. The van der Waals surface area contributed by atoms with Crippen LogP contribution in [0.15, 0.2) is 66.7 Å². The lowest BCUT2D eigenvalue weighted by Gasteiger charge is -2.24. The number of ether oxygens (including phenoxy) is 2. The third kappa shape index (κ3) is 8.71. The van der Waals surface area contributed by atoms with Crippen LogP contribution in [0, 0.1) is 0 Å². The summed E-state index contributed by atoms with van der Waals surface area (Å²) in [6.07, 6.45) is -4.87. The van der Waals surface area contributed by atoms with Crippen LogP contribution in [0.5, 0.6) is 5.75 Å². The van der Waals surface area contributed by atoms with Gasteiger partial charge in [-0.25, -0.2) is 4.79 Å². The average Bonchev–Trinajstić information content (AvgIpc) is 2.97. The maximum Gasteiger partial charge on any atom is 0.416 e. The monoisotopic (exact) mass is 587 g/mol. The van der Waals surface area contributed by atoms with Gasteiger partial charge in [-0.15, -0.1) is 0 Å². The lowest BCUT2D eigenvalue weighted by atomic mass is 9.94. The molecule has 0 aliphatic carbocycles. The molecule has 12 heteroatoms. The Morgan fingerprint density at radius 2 is 1.71 bits per heavy atom. The zero-order valence-electron chi connectivity index (χ0n) is 23.1. The number of alkyl halides is 3. The van der Waals surface area contributed by atoms with Crippen molar-refractivity contribution in [3.63, 3.8) is 0 Å². The van der Waals surface area contributed by atoms with E-state index in [2.05, 4.69) is 5.32 Å². The van der Waals surface area contributed by atoms with E-state index in [4.69, 9.17) is 20.3 Å². The molecule has 0 heterocycles. The molecule has 42 heavy (non-hydrogen) atoms. The van der Waals surface area contributed by atoms with Crippen LogP contribution >= 0.6 is 0 Å². The number of hydrogen-bond donors (Lipinski definition) is 3. The fraction of sp³-hybridized carbons (Fsp3) is 0.300. The number of nitrogens with two attached hydrogens (primary N) is 1. The lowest BCUT2D eigenvalue weighted by molar-refractivity contribution is -0.147. The van der Waals surface area contributed by atoms with Crippen LogP contribution in [0.2, 0.25) is 0 Å². The number of rotatable bonds is 12. The maximum atomic E-state index is 13.7. The van der Waals surface area contributed by atoms with Gasteiger partial charge in [-0.1, -0.05) is 42.5 Å². The number of halogens is 3. The zero-order chi connectivity index (χ0) is 30.9. The summed E-state index contributed by atoms with van der Waals surface area (Å²) in [6.45, 7) is 1.53. The smallest absolute Gasteiger partial charge is 0.416 e.